The molecule has 0 aliphatic carbocycles. The van der Waals surface area contributed by atoms with Crippen molar-refractivity contribution in [1.29, 1.82) is 0 Å². The number of hydrogen-bond acceptors (Lipinski definition) is 1. The normalized spacial score (nSPS) is 23.5. The van der Waals surface area contributed by atoms with Crippen LogP contribution in [0.25, 0.3) is 0 Å². The van der Waals surface area contributed by atoms with Crippen molar-refractivity contribution in [2.24, 2.45) is 5.41 Å². The highest BCUT2D eigenvalue weighted by Gasteiger charge is 2.36. The molecule has 1 heterocycles. The van der Waals surface area contributed by atoms with Crippen molar-refractivity contribution in [1.82, 2.24) is 4.90 Å². The first kappa shape index (κ1) is 15.3. The summed E-state index contributed by atoms with van der Waals surface area (Å²) in [4.78, 5) is 2.22. The standard InChI is InChI=1S/C18H25N/c1-8-12-15-16(11-4)19(7)17(13-9-2)14(10-3)18(15,5)6/h8-13H,1,3H2,2,4-7H3/b13-9-,15-12+,16-11+. The van der Waals surface area contributed by atoms with Gasteiger partial charge in [-0.05, 0) is 31.1 Å². The fraction of sp³-hybridized carbons (Fsp3) is 0.333. The third kappa shape index (κ3) is 2.51. The Balaban J connectivity index is 3.69. The summed E-state index contributed by atoms with van der Waals surface area (Å²) >= 11 is 0. The topological polar surface area (TPSA) is 3.24 Å². The van der Waals surface area contributed by atoms with Crippen LogP contribution in [0.4, 0.5) is 0 Å². The molecule has 102 valence electrons. The fourth-order valence-corrected chi connectivity index (χ4v) is 2.76. The van der Waals surface area contributed by atoms with Gasteiger partial charge in [0, 0.05) is 23.9 Å². The van der Waals surface area contributed by atoms with E-state index in [1.165, 1.54) is 22.5 Å². The molecule has 0 bridgehead atoms. The van der Waals surface area contributed by atoms with Gasteiger partial charge in [0.2, 0.25) is 0 Å². The summed E-state index contributed by atoms with van der Waals surface area (Å²) in [5, 5.41) is 0. The molecule has 0 fully saturated rings. The molecule has 1 nitrogen and oxygen atoms in total. The number of hydrogen-bond donors (Lipinski definition) is 0. The van der Waals surface area contributed by atoms with Gasteiger partial charge in [0.25, 0.3) is 0 Å². The van der Waals surface area contributed by atoms with Crippen molar-refractivity contribution in [3.63, 3.8) is 0 Å². The van der Waals surface area contributed by atoms with E-state index in [4.69, 9.17) is 0 Å². The Kier molecular flexibility index (Phi) is 4.77. The van der Waals surface area contributed by atoms with Crippen LogP contribution in [0.3, 0.4) is 0 Å². The van der Waals surface area contributed by atoms with E-state index in [0.29, 0.717) is 0 Å². The minimum absolute atomic E-state index is 0.0703. The van der Waals surface area contributed by atoms with Gasteiger partial charge in [0.15, 0.2) is 0 Å². The van der Waals surface area contributed by atoms with Gasteiger partial charge >= 0.3 is 0 Å². The number of nitrogens with zero attached hydrogens (tertiary/aromatic N) is 1. The lowest BCUT2D eigenvalue weighted by molar-refractivity contribution is 0.424. The molecule has 1 rings (SSSR count). The quantitative estimate of drug-likeness (QED) is 0.686. The highest BCUT2D eigenvalue weighted by molar-refractivity contribution is 5.54. The third-order valence-corrected chi connectivity index (χ3v) is 3.71. The average Bonchev–Trinajstić information content (AvgIpc) is 2.36. The Hall–Kier alpha value is -1.76. The van der Waals surface area contributed by atoms with Gasteiger partial charge in [-0.3, -0.25) is 0 Å². The molecule has 0 saturated carbocycles. The van der Waals surface area contributed by atoms with E-state index in [2.05, 4.69) is 70.2 Å². The van der Waals surface area contributed by atoms with Crippen LogP contribution in [0.1, 0.15) is 27.7 Å². The Labute approximate surface area is 118 Å². The Bertz CT molecular complexity index is 496. The summed E-state index contributed by atoms with van der Waals surface area (Å²) in [6.45, 7) is 16.4. The van der Waals surface area contributed by atoms with E-state index in [0.717, 1.165) is 0 Å². The summed E-state index contributed by atoms with van der Waals surface area (Å²) in [5.41, 5.74) is 4.88. The van der Waals surface area contributed by atoms with Crippen LogP contribution in [0, 0.1) is 5.41 Å². The van der Waals surface area contributed by atoms with Crippen LogP contribution in [0.5, 0.6) is 0 Å². The Morgan fingerprint density at radius 3 is 2.21 bits per heavy atom. The van der Waals surface area contributed by atoms with E-state index in [-0.39, 0.29) is 5.41 Å². The molecular weight excluding hydrogens is 230 g/mol. The molecule has 0 spiro atoms. The van der Waals surface area contributed by atoms with Gasteiger partial charge < -0.3 is 4.90 Å². The molecular formula is C18H25N. The smallest absolute Gasteiger partial charge is 0.0446 e. The largest absolute Gasteiger partial charge is 0.344 e. The van der Waals surface area contributed by atoms with E-state index in [1.54, 1.807) is 0 Å². The van der Waals surface area contributed by atoms with Gasteiger partial charge in [0.05, 0.1) is 0 Å². The van der Waals surface area contributed by atoms with E-state index < -0.39 is 0 Å². The molecule has 19 heavy (non-hydrogen) atoms. The molecule has 0 aromatic heterocycles. The van der Waals surface area contributed by atoms with Crippen LogP contribution in [-0.2, 0) is 0 Å². The summed E-state index contributed by atoms with van der Waals surface area (Å²) in [6, 6.07) is 0. The highest BCUT2D eigenvalue weighted by Crippen LogP contribution is 2.47. The second kappa shape index (κ2) is 5.92. The van der Waals surface area contributed by atoms with Gasteiger partial charge in [-0.25, -0.2) is 0 Å². The molecule has 1 aliphatic rings. The van der Waals surface area contributed by atoms with Crippen LogP contribution in [-0.4, -0.2) is 11.9 Å². The first-order valence-electron chi connectivity index (χ1n) is 6.69. The maximum absolute atomic E-state index is 4.00. The molecule has 0 amide bonds. The molecule has 1 aliphatic heterocycles. The van der Waals surface area contributed by atoms with E-state index >= 15 is 0 Å². The van der Waals surface area contributed by atoms with Crippen LogP contribution in [0.2, 0.25) is 0 Å². The predicted octanol–water partition coefficient (Wildman–Crippen LogP) is 4.99. The second-order valence-electron chi connectivity index (χ2n) is 5.18. The number of rotatable bonds is 3. The van der Waals surface area contributed by atoms with Gasteiger partial charge in [-0.1, -0.05) is 57.4 Å². The van der Waals surface area contributed by atoms with Crippen LogP contribution >= 0.6 is 0 Å². The second-order valence-corrected chi connectivity index (χ2v) is 5.18. The van der Waals surface area contributed by atoms with Crippen LogP contribution < -0.4 is 0 Å². The van der Waals surface area contributed by atoms with Gasteiger partial charge in [0.1, 0.15) is 0 Å². The van der Waals surface area contributed by atoms with E-state index in [1.807, 2.05) is 19.1 Å². The summed E-state index contributed by atoms with van der Waals surface area (Å²) in [6.07, 6.45) is 12.3. The van der Waals surface area contributed by atoms with Crippen molar-refractivity contribution in [3.8, 4) is 0 Å². The maximum atomic E-state index is 4.00. The number of likely N-dealkylation sites (N-methyl/N-ethyl adjacent to an activating group) is 1. The SMILES string of the molecule is C=C/C=C1\C(=C/C)N(C)C(/C=C\C)=C(C=C)C1(C)C. The fourth-order valence-electron chi connectivity index (χ4n) is 2.76. The van der Waals surface area contributed by atoms with Crippen molar-refractivity contribution in [2.45, 2.75) is 27.7 Å². The average molecular weight is 255 g/mol. The first-order chi connectivity index (χ1) is 8.95. The first-order valence-corrected chi connectivity index (χ1v) is 6.69. The van der Waals surface area contributed by atoms with Crippen molar-refractivity contribution < 1.29 is 0 Å². The lowest BCUT2D eigenvalue weighted by atomic mass is 9.71. The maximum Gasteiger partial charge on any atom is 0.0446 e. The molecule has 0 saturated heterocycles. The summed E-state index contributed by atoms with van der Waals surface area (Å²) in [5.74, 6) is 0. The van der Waals surface area contributed by atoms with E-state index in [9.17, 15) is 0 Å². The molecule has 0 aromatic rings. The molecule has 0 radical (unpaired) electrons. The Morgan fingerprint density at radius 1 is 1.16 bits per heavy atom. The lowest BCUT2D eigenvalue weighted by Crippen LogP contribution is -2.34. The Morgan fingerprint density at radius 2 is 1.79 bits per heavy atom. The minimum atomic E-state index is -0.0703. The molecule has 0 atom stereocenters. The zero-order valence-corrected chi connectivity index (χ0v) is 12.8. The summed E-state index contributed by atoms with van der Waals surface area (Å²) < 4.78 is 0. The van der Waals surface area contributed by atoms with Crippen molar-refractivity contribution >= 4 is 0 Å². The van der Waals surface area contributed by atoms with Crippen molar-refractivity contribution in [2.75, 3.05) is 7.05 Å². The molecule has 0 unspecified atom stereocenters. The molecule has 0 aromatic carbocycles. The predicted molar refractivity (Wildman–Crippen MR) is 85.6 cm³/mol. The van der Waals surface area contributed by atoms with Gasteiger partial charge in [-0.15, -0.1) is 0 Å². The monoisotopic (exact) mass is 255 g/mol. The number of allylic oxidation sites excluding steroid dienone is 8. The lowest BCUT2D eigenvalue weighted by Gasteiger charge is -2.43. The van der Waals surface area contributed by atoms with Gasteiger partial charge in [-0.2, -0.15) is 0 Å². The van der Waals surface area contributed by atoms with Crippen LogP contribution in [0.15, 0.2) is 72.2 Å². The molecule has 1 heteroatoms. The highest BCUT2D eigenvalue weighted by atomic mass is 15.1. The zero-order valence-electron chi connectivity index (χ0n) is 12.8. The molecule has 0 N–H and O–H groups in total. The zero-order chi connectivity index (χ0) is 14.6. The summed E-state index contributed by atoms with van der Waals surface area (Å²) in [7, 11) is 2.10. The third-order valence-electron chi connectivity index (χ3n) is 3.71. The van der Waals surface area contributed by atoms with Crippen molar-refractivity contribution in [3.05, 3.63) is 72.2 Å². The minimum Gasteiger partial charge on any atom is -0.344 e.